The highest BCUT2D eigenvalue weighted by Gasteiger charge is 2.25. The van der Waals surface area contributed by atoms with E-state index in [1.54, 1.807) is 0 Å². The lowest BCUT2D eigenvalue weighted by Gasteiger charge is -2.26. The summed E-state index contributed by atoms with van der Waals surface area (Å²) in [5.41, 5.74) is 15.2. The molecule has 6 aromatic rings. The van der Waals surface area contributed by atoms with E-state index in [4.69, 9.17) is 0 Å². The molecule has 0 fully saturated rings. The average Bonchev–Trinajstić information content (AvgIpc) is 3.04. The molecule has 218 valence electrons. The van der Waals surface area contributed by atoms with Crippen molar-refractivity contribution in [2.24, 2.45) is 0 Å². The van der Waals surface area contributed by atoms with E-state index in [-0.39, 0.29) is 10.8 Å². The van der Waals surface area contributed by atoms with Crippen molar-refractivity contribution in [3.63, 3.8) is 0 Å². The molecule has 0 aliphatic rings. The summed E-state index contributed by atoms with van der Waals surface area (Å²) in [6.45, 7) is 13.7. The molecule has 0 saturated heterocycles. The monoisotopic (exact) mass is 570 g/mol. The standard InChI is InChI=1S/C44H42/c1-43(2,3)36-26-22-34(23-27-36)41-39(32-18-12-8-13-19-32)30-38(31-16-10-7-11-17-31)40(33-20-14-9-15-21-33)42(41)35-24-28-37(29-25-35)44(4,5)6/h7-30H,1-6H3. The van der Waals surface area contributed by atoms with Crippen molar-refractivity contribution in [3.8, 4) is 55.6 Å². The summed E-state index contributed by atoms with van der Waals surface area (Å²) < 4.78 is 0. The summed E-state index contributed by atoms with van der Waals surface area (Å²) in [5, 5.41) is 0. The molecular weight excluding hydrogens is 528 g/mol. The third-order valence-electron chi connectivity index (χ3n) is 8.64. The SMILES string of the molecule is CC(C)(C)c1ccc(-c2c(-c3ccccc3)cc(-c3ccccc3)c(-c3ccccc3)c2-c2ccc(C(C)(C)C)cc2)cc1. The van der Waals surface area contributed by atoms with Gasteiger partial charge in [-0.05, 0) is 83.7 Å². The molecule has 6 aromatic carbocycles. The van der Waals surface area contributed by atoms with Crippen LogP contribution >= 0.6 is 0 Å². The molecule has 6 rings (SSSR count). The first-order chi connectivity index (χ1) is 21.1. The van der Waals surface area contributed by atoms with Crippen LogP contribution in [0, 0.1) is 0 Å². The third-order valence-corrected chi connectivity index (χ3v) is 8.64. The van der Waals surface area contributed by atoms with Crippen molar-refractivity contribution in [3.05, 3.63) is 157 Å². The van der Waals surface area contributed by atoms with Crippen molar-refractivity contribution >= 4 is 0 Å². The van der Waals surface area contributed by atoms with Gasteiger partial charge in [-0.15, -0.1) is 0 Å². The van der Waals surface area contributed by atoms with Gasteiger partial charge in [-0.25, -0.2) is 0 Å². The average molecular weight is 571 g/mol. The van der Waals surface area contributed by atoms with Gasteiger partial charge in [0.25, 0.3) is 0 Å². The van der Waals surface area contributed by atoms with Gasteiger partial charge in [-0.2, -0.15) is 0 Å². The second-order valence-electron chi connectivity index (χ2n) is 13.8. The van der Waals surface area contributed by atoms with Gasteiger partial charge in [0.05, 0.1) is 0 Å². The first-order valence-electron chi connectivity index (χ1n) is 15.7. The maximum Gasteiger partial charge on any atom is -0.00143 e. The third kappa shape index (κ3) is 5.90. The Bertz CT molecular complexity index is 1850. The van der Waals surface area contributed by atoms with E-state index in [1.165, 1.54) is 66.8 Å². The predicted octanol–water partition coefficient (Wildman–Crippen LogP) is 12.6. The molecule has 0 radical (unpaired) electrons. The van der Waals surface area contributed by atoms with E-state index < -0.39 is 0 Å². The topological polar surface area (TPSA) is 0 Å². The van der Waals surface area contributed by atoms with Gasteiger partial charge in [-0.3, -0.25) is 0 Å². The fraction of sp³-hybridized carbons (Fsp3) is 0.182. The number of hydrogen-bond acceptors (Lipinski definition) is 0. The van der Waals surface area contributed by atoms with Crippen LogP contribution in [0.25, 0.3) is 55.6 Å². The lowest BCUT2D eigenvalue weighted by atomic mass is 9.77. The molecule has 0 atom stereocenters. The minimum absolute atomic E-state index is 0.0769. The maximum absolute atomic E-state index is 2.42. The van der Waals surface area contributed by atoms with E-state index in [9.17, 15) is 0 Å². The summed E-state index contributed by atoms with van der Waals surface area (Å²) in [6.07, 6.45) is 0. The molecule has 0 amide bonds. The van der Waals surface area contributed by atoms with Crippen LogP contribution in [0.4, 0.5) is 0 Å². The summed E-state index contributed by atoms with van der Waals surface area (Å²) >= 11 is 0. The first-order valence-corrected chi connectivity index (χ1v) is 15.7. The Morgan fingerprint density at radius 2 is 0.591 bits per heavy atom. The van der Waals surface area contributed by atoms with Crippen LogP contribution in [0.5, 0.6) is 0 Å². The fourth-order valence-electron chi connectivity index (χ4n) is 6.14. The van der Waals surface area contributed by atoms with Crippen molar-refractivity contribution < 1.29 is 0 Å². The largest absolute Gasteiger partial charge is 0.0622 e. The van der Waals surface area contributed by atoms with Crippen LogP contribution in [0.2, 0.25) is 0 Å². The molecule has 0 spiro atoms. The Morgan fingerprint density at radius 3 is 0.932 bits per heavy atom. The van der Waals surface area contributed by atoms with E-state index in [2.05, 4.69) is 187 Å². The molecular formula is C44H42. The van der Waals surface area contributed by atoms with E-state index >= 15 is 0 Å². The molecule has 0 aliphatic carbocycles. The van der Waals surface area contributed by atoms with E-state index in [1.807, 2.05) is 0 Å². The van der Waals surface area contributed by atoms with Gasteiger partial charge >= 0.3 is 0 Å². The number of benzene rings is 6. The minimum Gasteiger partial charge on any atom is -0.0622 e. The molecule has 0 bridgehead atoms. The Kier molecular flexibility index (Phi) is 7.87. The molecule has 0 heteroatoms. The Labute approximate surface area is 264 Å². The highest BCUT2D eigenvalue weighted by atomic mass is 14.3. The van der Waals surface area contributed by atoms with Gasteiger partial charge < -0.3 is 0 Å². The number of hydrogen-bond donors (Lipinski definition) is 0. The smallest absolute Gasteiger partial charge is 0.00143 e. The lowest BCUT2D eigenvalue weighted by Crippen LogP contribution is -2.10. The van der Waals surface area contributed by atoms with Crippen molar-refractivity contribution in [2.45, 2.75) is 52.4 Å². The molecule has 44 heavy (non-hydrogen) atoms. The Morgan fingerprint density at radius 1 is 0.295 bits per heavy atom. The second-order valence-corrected chi connectivity index (χ2v) is 13.8. The van der Waals surface area contributed by atoms with Crippen LogP contribution in [0.3, 0.4) is 0 Å². The second kappa shape index (κ2) is 11.8. The van der Waals surface area contributed by atoms with Crippen LogP contribution < -0.4 is 0 Å². The normalized spacial score (nSPS) is 11.9. The van der Waals surface area contributed by atoms with Crippen LogP contribution in [-0.2, 0) is 10.8 Å². The first kappa shape index (κ1) is 29.4. The van der Waals surface area contributed by atoms with Crippen molar-refractivity contribution in [1.29, 1.82) is 0 Å². The summed E-state index contributed by atoms with van der Waals surface area (Å²) in [6, 6.07) is 53.6. The highest BCUT2D eigenvalue weighted by molar-refractivity contribution is 6.07. The van der Waals surface area contributed by atoms with Crippen molar-refractivity contribution in [2.75, 3.05) is 0 Å². The minimum atomic E-state index is 0.0769. The summed E-state index contributed by atoms with van der Waals surface area (Å²) in [4.78, 5) is 0. The zero-order valence-corrected chi connectivity index (χ0v) is 26.9. The Balaban J connectivity index is 1.79. The summed E-state index contributed by atoms with van der Waals surface area (Å²) in [5.74, 6) is 0. The van der Waals surface area contributed by atoms with Gasteiger partial charge in [-0.1, -0.05) is 181 Å². The molecule has 0 saturated carbocycles. The maximum atomic E-state index is 2.42. The Hall–Kier alpha value is -4.68. The zero-order valence-electron chi connectivity index (χ0n) is 26.9. The van der Waals surface area contributed by atoms with Crippen molar-refractivity contribution in [1.82, 2.24) is 0 Å². The zero-order chi connectivity index (χ0) is 30.9. The van der Waals surface area contributed by atoms with Gasteiger partial charge in [0.15, 0.2) is 0 Å². The van der Waals surface area contributed by atoms with Crippen LogP contribution in [0.1, 0.15) is 52.7 Å². The van der Waals surface area contributed by atoms with Gasteiger partial charge in [0.1, 0.15) is 0 Å². The lowest BCUT2D eigenvalue weighted by molar-refractivity contribution is 0.590. The summed E-state index contributed by atoms with van der Waals surface area (Å²) in [7, 11) is 0. The predicted molar refractivity (Wildman–Crippen MR) is 191 cm³/mol. The molecule has 0 nitrogen and oxygen atoms in total. The van der Waals surface area contributed by atoms with Crippen LogP contribution in [0.15, 0.2) is 146 Å². The molecule has 0 heterocycles. The van der Waals surface area contributed by atoms with E-state index in [0.717, 1.165) is 0 Å². The molecule has 0 aliphatic heterocycles. The fourth-order valence-corrected chi connectivity index (χ4v) is 6.14. The quantitative estimate of drug-likeness (QED) is 0.193. The van der Waals surface area contributed by atoms with E-state index in [0.29, 0.717) is 0 Å². The highest BCUT2D eigenvalue weighted by Crippen LogP contribution is 2.50. The van der Waals surface area contributed by atoms with Gasteiger partial charge in [0.2, 0.25) is 0 Å². The molecule has 0 aromatic heterocycles. The molecule has 0 unspecified atom stereocenters. The molecule has 0 N–H and O–H groups in total. The van der Waals surface area contributed by atoms with Gasteiger partial charge in [0, 0.05) is 0 Å². The van der Waals surface area contributed by atoms with Crippen LogP contribution in [-0.4, -0.2) is 0 Å². The number of rotatable bonds is 5.